The van der Waals surface area contributed by atoms with E-state index >= 15 is 0 Å². The minimum Gasteiger partial charge on any atom is -0.309 e. The summed E-state index contributed by atoms with van der Waals surface area (Å²) in [4.78, 5) is 0. The maximum atomic E-state index is 2.45. The standard InChI is InChI=1S/C48H30N2S/c1-2-11-31(12-3-1)32-21-24-35(25-22-32)49-43-18-7-4-15-37(43)40-29-41-38-16-5-8-19-44(38)50(46(41)30-45(40)49)36-14-10-13-33(27-36)34-23-26-48-42(28-34)39-17-6-9-20-47(39)51-48/h1-30H. The van der Waals surface area contributed by atoms with Crippen molar-refractivity contribution in [1.29, 1.82) is 0 Å². The van der Waals surface area contributed by atoms with E-state index in [-0.39, 0.29) is 0 Å². The van der Waals surface area contributed by atoms with E-state index in [0.29, 0.717) is 0 Å². The fourth-order valence-electron chi connectivity index (χ4n) is 8.15. The molecule has 2 nitrogen and oxygen atoms in total. The number of hydrogen-bond acceptors (Lipinski definition) is 1. The molecule has 238 valence electrons. The van der Waals surface area contributed by atoms with E-state index in [1.807, 2.05) is 11.3 Å². The Bertz CT molecular complexity index is 3120. The summed E-state index contributed by atoms with van der Waals surface area (Å²) in [6.07, 6.45) is 0. The molecule has 3 heterocycles. The van der Waals surface area contributed by atoms with Crippen LogP contribution < -0.4 is 0 Å². The highest BCUT2D eigenvalue weighted by Gasteiger charge is 2.19. The van der Waals surface area contributed by atoms with E-state index in [2.05, 4.69) is 191 Å². The van der Waals surface area contributed by atoms with E-state index in [9.17, 15) is 0 Å². The van der Waals surface area contributed by atoms with Crippen molar-refractivity contribution < 1.29 is 0 Å². The quantitative estimate of drug-likeness (QED) is 0.177. The number of para-hydroxylation sites is 2. The Morgan fingerprint density at radius 2 is 0.824 bits per heavy atom. The van der Waals surface area contributed by atoms with E-state index in [1.54, 1.807) is 0 Å². The van der Waals surface area contributed by atoms with Crippen LogP contribution >= 0.6 is 11.3 Å². The van der Waals surface area contributed by atoms with E-state index in [4.69, 9.17) is 0 Å². The van der Waals surface area contributed by atoms with Crippen molar-refractivity contribution in [3.8, 4) is 33.6 Å². The summed E-state index contributed by atoms with van der Waals surface area (Å²) < 4.78 is 7.54. The molecule has 0 saturated heterocycles. The van der Waals surface area contributed by atoms with Crippen molar-refractivity contribution in [3.63, 3.8) is 0 Å². The van der Waals surface area contributed by atoms with Crippen LogP contribution in [0, 0.1) is 0 Å². The Kier molecular flexibility index (Phi) is 6.16. The third kappa shape index (κ3) is 4.35. The van der Waals surface area contributed by atoms with Gasteiger partial charge in [0.2, 0.25) is 0 Å². The number of nitrogens with zero attached hydrogens (tertiary/aromatic N) is 2. The van der Waals surface area contributed by atoms with Crippen LogP contribution in [0.1, 0.15) is 0 Å². The topological polar surface area (TPSA) is 9.86 Å². The minimum atomic E-state index is 1.15. The van der Waals surface area contributed by atoms with Crippen LogP contribution in [-0.2, 0) is 0 Å². The van der Waals surface area contributed by atoms with Crippen LogP contribution in [0.25, 0.3) is 97.4 Å². The maximum Gasteiger partial charge on any atom is 0.0562 e. The van der Waals surface area contributed by atoms with Crippen molar-refractivity contribution >= 4 is 75.1 Å². The zero-order valence-electron chi connectivity index (χ0n) is 27.6. The van der Waals surface area contributed by atoms with Crippen LogP contribution in [0.4, 0.5) is 0 Å². The van der Waals surface area contributed by atoms with Gasteiger partial charge >= 0.3 is 0 Å². The molecule has 0 fully saturated rings. The lowest BCUT2D eigenvalue weighted by Gasteiger charge is -2.12. The van der Waals surface area contributed by atoms with Crippen LogP contribution in [-0.4, -0.2) is 9.13 Å². The molecule has 51 heavy (non-hydrogen) atoms. The van der Waals surface area contributed by atoms with E-state index in [1.165, 1.54) is 86.0 Å². The fraction of sp³-hybridized carbons (Fsp3) is 0. The molecular formula is C48H30N2S. The molecule has 11 rings (SSSR count). The Morgan fingerprint density at radius 1 is 0.275 bits per heavy atom. The number of thiophene rings is 1. The van der Waals surface area contributed by atoms with Gasteiger partial charge < -0.3 is 9.13 Å². The molecule has 11 aromatic rings. The highest BCUT2D eigenvalue weighted by atomic mass is 32.1. The molecule has 0 aliphatic carbocycles. The second-order valence-corrected chi connectivity index (χ2v) is 14.4. The predicted octanol–water partition coefficient (Wildman–Crippen LogP) is 13.6. The average molecular weight is 667 g/mol. The highest BCUT2D eigenvalue weighted by molar-refractivity contribution is 7.25. The van der Waals surface area contributed by atoms with Crippen LogP contribution in [0.5, 0.6) is 0 Å². The average Bonchev–Trinajstić information content (AvgIpc) is 3.84. The lowest BCUT2D eigenvalue weighted by molar-refractivity contribution is 1.16. The first kappa shape index (κ1) is 28.4. The first-order chi connectivity index (χ1) is 25.3. The molecule has 0 unspecified atom stereocenters. The Labute approximate surface area is 298 Å². The molecule has 0 N–H and O–H groups in total. The summed E-state index contributed by atoms with van der Waals surface area (Å²) in [6, 6.07) is 66.7. The Hall–Kier alpha value is -6.42. The predicted molar refractivity (Wildman–Crippen MR) is 219 cm³/mol. The van der Waals surface area contributed by atoms with Crippen molar-refractivity contribution in [1.82, 2.24) is 9.13 Å². The van der Waals surface area contributed by atoms with Crippen molar-refractivity contribution in [2.24, 2.45) is 0 Å². The third-order valence-electron chi connectivity index (χ3n) is 10.5. The Morgan fingerprint density at radius 3 is 1.57 bits per heavy atom. The summed E-state index contributed by atoms with van der Waals surface area (Å²) in [6.45, 7) is 0. The van der Waals surface area contributed by atoms with Gasteiger partial charge in [0, 0.05) is 53.1 Å². The summed E-state index contributed by atoms with van der Waals surface area (Å²) in [5, 5.41) is 7.69. The normalized spacial score (nSPS) is 11.9. The molecule has 0 aliphatic rings. The highest BCUT2D eigenvalue weighted by Crippen LogP contribution is 2.41. The SMILES string of the molecule is c1ccc(-c2ccc(-n3c4ccccc4c4cc5c6ccccc6n(-c6cccc(-c7ccc8sc9ccccc9c8c7)c6)c5cc43)cc2)cc1. The molecule has 8 aromatic carbocycles. The second kappa shape index (κ2) is 11.0. The van der Waals surface area contributed by atoms with Crippen LogP contribution in [0.2, 0.25) is 0 Å². The molecule has 3 heteroatoms. The number of hydrogen-bond donors (Lipinski definition) is 0. The van der Waals surface area contributed by atoms with Crippen molar-refractivity contribution in [2.75, 3.05) is 0 Å². The molecule has 0 radical (unpaired) electrons. The van der Waals surface area contributed by atoms with E-state index < -0.39 is 0 Å². The second-order valence-electron chi connectivity index (χ2n) is 13.4. The molecule has 0 bridgehead atoms. The number of fused-ring (bicyclic) bond motifs is 9. The van der Waals surface area contributed by atoms with Gasteiger partial charge in [-0.1, -0.05) is 115 Å². The zero-order chi connectivity index (χ0) is 33.5. The van der Waals surface area contributed by atoms with Gasteiger partial charge in [0.25, 0.3) is 0 Å². The lowest BCUT2D eigenvalue weighted by atomic mass is 10.0. The van der Waals surface area contributed by atoms with Crippen LogP contribution in [0.3, 0.4) is 0 Å². The summed E-state index contributed by atoms with van der Waals surface area (Å²) >= 11 is 1.86. The van der Waals surface area contributed by atoms with Gasteiger partial charge in [-0.25, -0.2) is 0 Å². The first-order valence-electron chi connectivity index (χ1n) is 17.4. The largest absolute Gasteiger partial charge is 0.309 e. The van der Waals surface area contributed by atoms with Crippen molar-refractivity contribution in [2.45, 2.75) is 0 Å². The molecule has 3 aromatic heterocycles. The molecule has 0 aliphatic heterocycles. The van der Waals surface area contributed by atoms with Crippen molar-refractivity contribution in [3.05, 3.63) is 182 Å². The molecule has 0 atom stereocenters. The maximum absolute atomic E-state index is 2.45. The summed E-state index contributed by atoms with van der Waals surface area (Å²) in [7, 11) is 0. The Balaban J connectivity index is 1.13. The minimum absolute atomic E-state index is 1.15. The van der Waals surface area contributed by atoms with Gasteiger partial charge in [-0.15, -0.1) is 11.3 Å². The van der Waals surface area contributed by atoms with Gasteiger partial charge in [0.1, 0.15) is 0 Å². The number of rotatable bonds is 4. The van der Waals surface area contributed by atoms with Crippen LogP contribution in [0.15, 0.2) is 182 Å². The molecular weight excluding hydrogens is 637 g/mol. The van der Waals surface area contributed by atoms with E-state index in [0.717, 1.165) is 11.4 Å². The summed E-state index contributed by atoms with van der Waals surface area (Å²) in [5.74, 6) is 0. The monoisotopic (exact) mass is 666 g/mol. The first-order valence-corrected chi connectivity index (χ1v) is 18.2. The van der Waals surface area contributed by atoms with Gasteiger partial charge in [0.15, 0.2) is 0 Å². The molecule has 0 amide bonds. The lowest BCUT2D eigenvalue weighted by Crippen LogP contribution is -1.96. The summed E-state index contributed by atoms with van der Waals surface area (Å²) in [5.41, 5.74) is 12.0. The number of benzene rings is 8. The fourth-order valence-corrected chi connectivity index (χ4v) is 9.24. The smallest absolute Gasteiger partial charge is 0.0562 e. The number of aromatic nitrogens is 2. The zero-order valence-corrected chi connectivity index (χ0v) is 28.4. The van der Waals surface area contributed by atoms with Gasteiger partial charge in [-0.05, 0) is 89.0 Å². The van der Waals surface area contributed by atoms with Gasteiger partial charge in [-0.3, -0.25) is 0 Å². The van der Waals surface area contributed by atoms with Gasteiger partial charge in [0.05, 0.1) is 22.1 Å². The molecule has 0 spiro atoms. The molecule has 0 saturated carbocycles. The third-order valence-corrected chi connectivity index (χ3v) is 11.7. The van der Waals surface area contributed by atoms with Gasteiger partial charge in [-0.2, -0.15) is 0 Å².